The van der Waals surface area contributed by atoms with Crippen molar-refractivity contribution >= 4 is 98.1 Å². The van der Waals surface area contributed by atoms with Crippen molar-refractivity contribution in [2.75, 3.05) is 0 Å². The molecule has 0 aliphatic heterocycles. The second kappa shape index (κ2) is 12.5. The molecule has 0 N–H and O–H groups in total. The van der Waals surface area contributed by atoms with E-state index >= 15 is 0 Å². The number of rotatable bonds is 4. The normalized spacial score (nSPS) is 12.2. The van der Waals surface area contributed by atoms with Crippen LogP contribution in [0.5, 0.6) is 0 Å². The Bertz CT molecular complexity index is 3930. The number of pyridine rings is 2. The predicted octanol–water partition coefficient (Wildman–Crippen LogP) is 14.0. The Morgan fingerprint density at radius 2 is 0.726 bits per heavy atom. The molecule has 62 heavy (non-hydrogen) atoms. The van der Waals surface area contributed by atoms with Crippen LogP contribution in [0.25, 0.3) is 121 Å². The molecule has 8 aromatic carbocycles. The number of hydrogen-bond donors (Lipinski definition) is 0. The second-order valence-electron chi connectivity index (χ2n) is 16.2. The Hall–Kier alpha value is -8.48. The standard InChI is InChI=1S/C56H34N6/c1-8-22-44-42(20-1)51(31-32-57-44)62-49-27-13-6-19-40(49)41-29-30-52-55(56(41)62)43-21-7-14-28-50(43)59(52)35-33-53(60-45-23-9-2-15-36(45)37-16-3-10-24-46(37)60)58-54(34-35)61-47-25-11-4-17-38(47)39-18-5-12-26-48(39)61/h1-34H. The van der Waals surface area contributed by atoms with Gasteiger partial charge >= 0.3 is 0 Å². The number of nitrogens with zero attached hydrogens (tertiary/aromatic N) is 6. The zero-order valence-electron chi connectivity index (χ0n) is 33.3. The molecule has 6 nitrogen and oxygen atoms in total. The fourth-order valence-corrected chi connectivity index (χ4v) is 10.5. The molecule has 6 heterocycles. The summed E-state index contributed by atoms with van der Waals surface area (Å²) in [5.74, 6) is 1.70. The summed E-state index contributed by atoms with van der Waals surface area (Å²) < 4.78 is 9.59. The van der Waals surface area contributed by atoms with E-state index in [1.165, 1.54) is 48.6 Å². The van der Waals surface area contributed by atoms with Crippen molar-refractivity contribution in [3.8, 4) is 23.0 Å². The SMILES string of the molecule is c1ccc2c(-n3c4ccccc4c4ccc5c(c6ccccc6n5-c5cc(-n6c7ccccc7c7ccccc76)nc(-n6c7ccccc7c7ccccc76)c5)c43)ccnc2c1. The first-order chi connectivity index (χ1) is 30.8. The summed E-state index contributed by atoms with van der Waals surface area (Å²) in [5, 5.41) is 10.7. The lowest BCUT2D eigenvalue weighted by atomic mass is 10.1. The van der Waals surface area contributed by atoms with E-state index in [1.807, 2.05) is 6.20 Å². The first kappa shape index (κ1) is 33.4. The van der Waals surface area contributed by atoms with Crippen molar-refractivity contribution in [3.63, 3.8) is 0 Å². The van der Waals surface area contributed by atoms with Crippen molar-refractivity contribution in [2.45, 2.75) is 0 Å². The first-order valence-corrected chi connectivity index (χ1v) is 21.1. The van der Waals surface area contributed by atoms with E-state index in [-0.39, 0.29) is 0 Å². The van der Waals surface area contributed by atoms with E-state index in [1.54, 1.807) is 0 Å². The van der Waals surface area contributed by atoms with Crippen LogP contribution in [0.3, 0.4) is 0 Å². The molecule has 0 unspecified atom stereocenters. The number of hydrogen-bond acceptors (Lipinski definition) is 2. The maximum absolute atomic E-state index is 5.65. The smallest absolute Gasteiger partial charge is 0.142 e. The lowest BCUT2D eigenvalue weighted by molar-refractivity contribution is 0.997. The van der Waals surface area contributed by atoms with Gasteiger partial charge in [0.25, 0.3) is 0 Å². The quantitative estimate of drug-likeness (QED) is 0.178. The topological polar surface area (TPSA) is 45.5 Å². The van der Waals surface area contributed by atoms with Gasteiger partial charge in [-0.3, -0.25) is 14.1 Å². The van der Waals surface area contributed by atoms with E-state index < -0.39 is 0 Å². The maximum atomic E-state index is 5.65. The van der Waals surface area contributed by atoms with Crippen LogP contribution in [0, 0.1) is 0 Å². The summed E-state index contributed by atoms with van der Waals surface area (Å²) in [7, 11) is 0. The third-order valence-corrected chi connectivity index (χ3v) is 13.0. The van der Waals surface area contributed by atoms with Crippen LogP contribution in [0.1, 0.15) is 0 Å². The highest BCUT2D eigenvalue weighted by molar-refractivity contribution is 6.26. The summed E-state index contributed by atoms with van der Waals surface area (Å²) >= 11 is 0. The van der Waals surface area contributed by atoms with Gasteiger partial charge in [-0.1, -0.05) is 133 Å². The van der Waals surface area contributed by atoms with Gasteiger partial charge < -0.3 is 9.13 Å². The van der Waals surface area contributed by atoms with Crippen molar-refractivity contribution in [1.82, 2.24) is 28.2 Å². The lowest BCUT2D eigenvalue weighted by Gasteiger charge is -2.16. The molecule has 0 amide bonds. The molecular weight excluding hydrogens is 757 g/mol. The summed E-state index contributed by atoms with van der Waals surface area (Å²) in [6, 6.07) is 72.2. The highest BCUT2D eigenvalue weighted by Gasteiger charge is 2.24. The van der Waals surface area contributed by atoms with Gasteiger partial charge in [0.15, 0.2) is 0 Å². The Morgan fingerprint density at radius 3 is 1.26 bits per heavy atom. The molecule has 6 aromatic heterocycles. The van der Waals surface area contributed by atoms with E-state index in [2.05, 4.69) is 218 Å². The van der Waals surface area contributed by atoms with Crippen LogP contribution in [0.4, 0.5) is 0 Å². The highest BCUT2D eigenvalue weighted by atomic mass is 15.1. The van der Waals surface area contributed by atoms with Crippen LogP contribution in [-0.4, -0.2) is 28.2 Å². The molecule has 0 fully saturated rings. The minimum atomic E-state index is 0.848. The molecule has 0 bridgehead atoms. The fraction of sp³-hybridized carbons (Fsp3) is 0. The number of aromatic nitrogens is 6. The van der Waals surface area contributed by atoms with Crippen molar-refractivity contribution in [1.29, 1.82) is 0 Å². The summed E-state index contributed by atoms with van der Waals surface area (Å²) in [6.45, 7) is 0. The first-order valence-electron chi connectivity index (χ1n) is 21.1. The minimum Gasteiger partial charge on any atom is -0.309 e. The molecular formula is C56H34N6. The predicted molar refractivity (Wildman–Crippen MR) is 257 cm³/mol. The van der Waals surface area contributed by atoms with Gasteiger partial charge in [-0.25, -0.2) is 4.98 Å². The third kappa shape index (κ3) is 4.47. The Balaban J connectivity index is 1.15. The summed E-state index contributed by atoms with van der Waals surface area (Å²) in [6.07, 6.45) is 1.94. The maximum Gasteiger partial charge on any atom is 0.142 e. The molecule has 0 aliphatic carbocycles. The van der Waals surface area contributed by atoms with E-state index in [0.29, 0.717) is 0 Å². The minimum absolute atomic E-state index is 0.848. The molecule has 6 heteroatoms. The van der Waals surface area contributed by atoms with Gasteiger partial charge in [-0.2, -0.15) is 0 Å². The molecule has 0 radical (unpaired) electrons. The van der Waals surface area contributed by atoms with Gasteiger partial charge in [0.05, 0.1) is 61.0 Å². The Morgan fingerprint density at radius 1 is 0.306 bits per heavy atom. The lowest BCUT2D eigenvalue weighted by Crippen LogP contribution is -2.06. The van der Waals surface area contributed by atoms with Crippen molar-refractivity contribution in [3.05, 3.63) is 206 Å². The largest absolute Gasteiger partial charge is 0.309 e. The highest BCUT2D eigenvalue weighted by Crippen LogP contribution is 2.44. The molecule has 0 saturated heterocycles. The molecule has 0 atom stereocenters. The van der Waals surface area contributed by atoms with Gasteiger partial charge in [0.1, 0.15) is 11.6 Å². The van der Waals surface area contributed by atoms with Gasteiger partial charge in [0, 0.05) is 66.8 Å². The Labute approximate surface area is 354 Å². The molecule has 14 aromatic rings. The average Bonchev–Trinajstić information content (AvgIpc) is 4.06. The molecule has 0 aliphatic rings. The second-order valence-corrected chi connectivity index (χ2v) is 16.2. The third-order valence-electron chi connectivity index (χ3n) is 13.0. The van der Waals surface area contributed by atoms with Crippen LogP contribution in [-0.2, 0) is 0 Å². The molecule has 0 spiro atoms. The van der Waals surface area contributed by atoms with Crippen LogP contribution >= 0.6 is 0 Å². The zero-order valence-corrected chi connectivity index (χ0v) is 33.3. The Kier molecular flexibility index (Phi) is 6.74. The van der Waals surface area contributed by atoms with Crippen molar-refractivity contribution in [2.24, 2.45) is 0 Å². The number of benzene rings is 8. The molecule has 14 rings (SSSR count). The molecule has 0 saturated carbocycles. The number of fused-ring (bicyclic) bond motifs is 14. The monoisotopic (exact) mass is 790 g/mol. The van der Waals surface area contributed by atoms with Crippen molar-refractivity contribution < 1.29 is 0 Å². The average molecular weight is 791 g/mol. The van der Waals surface area contributed by atoms with Gasteiger partial charge in [0.2, 0.25) is 0 Å². The van der Waals surface area contributed by atoms with Crippen LogP contribution < -0.4 is 0 Å². The number of para-hydroxylation sites is 7. The van der Waals surface area contributed by atoms with Crippen LogP contribution in [0.15, 0.2) is 206 Å². The van der Waals surface area contributed by atoms with E-state index in [9.17, 15) is 0 Å². The summed E-state index contributed by atoms with van der Waals surface area (Å²) in [5.41, 5.74) is 12.1. The van der Waals surface area contributed by atoms with Crippen LogP contribution in [0.2, 0.25) is 0 Å². The molecule has 288 valence electrons. The van der Waals surface area contributed by atoms with Gasteiger partial charge in [-0.05, 0) is 54.6 Å². The fourth-order valence-electron chi connectivity index (χ4n) is 10.5. The van der Waals surface area contributed by atoms with E-state index in [0.717, 1.165) is 72.5 Å². The van der Waals surface area contributed by atoms with E-state index in [4.69, 9.17) is 9.97 Å². The zero-order chi connectivity index (χ0) is 40.5. The van der Waals surface area contributed by atoms with Gasteiger partial charge in [-0.15, -0.1) is 0 Å². The summed E-state index contributed by atoms with van der Waals surface area (Å²) in [4.78, 5) is 10.4.